The van der Waals surface area contributed by atoms with Crippen LogP contribution in [0, 0.1) is 0 Å². The molecule has 34 heavy (non-hydrogen) atoms. The average molecular weight is 482 g/mol. The molecule has 1 unspecified atom stereocenters. The fraction of sp³-hybridized carbons (Fsp3) is 0.385. The topological polar surface area (TPSA) is 99.7 Å². The second kappa shape index (κ2) is 11.6. The molecule has 0 spiro atoms. The summed E-state index contributed by atoms with van der Waals surface area (Å²) in [5.41, 5.74) is 5.11. The van der Waals surface area contributed by atoms with E-state index in [1.807, 2.05) is 19.1 Å². The Morgan fingerprint density at radius 2 is 1.65 bits per heavy atom. The van der Waals surface area contributed by atoms with Crippen molar-refractivity contribution in [2.24, 2.45) is 0 Å². The van der Waals surface area contributed by atoms with Crippen LogP contribution in [0.5, 0.6) is 0 Å². The summed E-state index contributed by atoms with van der Waals surface area (Å²) in [6, 6.07) is 15.9. The number of hydrogen-bond acceptors (Lipinski definition) is 7. The van der Waals surface area contributed by atoms with E-state index in [0.717, 1.165) is 53.4 Å². The molecular weight excluding hydrogens is 450 g/mol. The van der Waals surface area contributed by atoms with Gasteiger partial charge in [0.1, 0.15) is 12.1 Å². The van der Waals surface area contributed by atoms with Crippen molar-refractivity contribution in [1.82, 2.24) is 16.1 Å². The molecule has 3 aromatic rings. The van der Waals surface area contributed by atoms with Crippen LogP contribution in [0.1, 0.15) is 59.0 Å². The molecule has 1 fully saturated rings. The maximum absolute atomic E-state index is 12.2. The molecule has 1 saturated carbocycles. The zero-order chi connectivity index (χ0) is 23.9. The van der Waals surface area contributed by atoms with Crippen molar-refractivity contribution in [3.05, 3.63) is 70.1 Å². The van der Waals surface area contributed by atoms with Gasteiger partial charge in [-0.15, -0.1) is 11.3 Å². The minimum Gasteiger partial charge on any atom is -0.461 e. The summed E-state index contributed by atoms with van der Waals surface area (Å²) in [4.78, 5) is 24.3. The second-order valence-electron chi connectivity index (χ2n) is 8.79. The number of hydrogen-bond donors (Lipinski definition) is 4. The fourth-order valence-corrected chi connectivity index (χ4v) is 5.12. The number of carbonyl (C=O) groups excluding carboxylic acids is 2. The van der Waals surface area contributed by atoms with Crippen LogP contribution < -0.4 is 16.1 Å². The summed E-state index contributed by atoms with van der Waals surface area (Å²) >= 11 is 1.36. The minimum atomic E-state index is -0.488. The zero-order valence-corrected chi connectivity index (χ0v) is 20.1. The lowest BCUT2D eigenvalue weighted by Crippen LogP contribution is -2.36. The Labute approximate surface area is 203 Å². The Balaban J connectivity index is 1.21. The van der Waals surface area contributed by atoms with Crippen LogP contribution in [0.2, 0.25) is 0 Å². The lowest BCUT2D eigenvalue weighted by atomic mass is 10.1. The van der Waals surface area contributed by atoms with Gasteiger partial charge in [0, 0.05) is 24.3 Å². The molecule has 1 heterocycles. The molecule has 7 nitrogen and oxygen atoms in total. The van der Waals surface area contributed by atoms with E-state index in [-0.39, 0.29) is 18.1 Å². The van der Waals surface area contributed by atoms with Gasteiger partial charge >= 0.3 is 5.97 Å². The van der Waals surface area contributed by atoms with Crippen molar-refractivity contribution >= 4 is 33.3 Å². The van der Waals surface area contributed by atoms with Gasteiger partial charge in [-0.05, 0) is 66.8 Å². The molecule has 0 saturated heterocycles. The van der Waals surface area contributed by atoms with Gasteiger partial charge in [-0.1, -0.05) is 36.4 Å². The molecule has 2 aromatic carbocycles. The van der Waals surface area contributed by atoms with E-state index in [1.165, 1.54) is 16.9 Å². The zero-order valence-electron chi connectivity index (χ0n) is 19.3. The van der Waals surface area contributed by atoms with Crippen molar-refractivity contribution in [2.75, 3.05) is 0 Å². The summed E-state index contributed by atoms with van der Waals surface area (Å²) in [7, 11) is 0. The molecule has 1 aliphatic carbocycles. The first kappa shape index (κ1) is 24.3. The van der Waals surface area contributed by atoms with Crippen LogP contribution in [-0.4, -0.2) is 29.2 Å². The average Bonchev–Trinajstić information content (AvgIpc) is 3.52. The highest BCUT2D eigenvalue weighted by Gasteiger charge is 2.22. The second-order valence-corrected chi connectivity index (χ2v) is 9.87. The maximum atomic E-state index is 12.2. The van der Waals surface area contributed by atoms with Crippen molar-refractivity contribution in [3.63, 3.8) is 0 Å². The van der Waals surface area contributed by atoms with Gasteiger partial charge in [-0.3, -0.25) is 14.8 Å². The number of hydroxylamine groups is 1. The van der Waals surface area contributed by atoms with Crippen molar-refractivity contribution in [2.45, 2.75) is 64.4 Å². The number of nitrogens with one attached hydrogen (secondary N) is 3. The number of esters is 1. The number of amides is 1. The number of benzene rings is 2. The van der Waals surface area contributed by atoms with Gasteiger partial charge in [-0.25, -0.2) is 5.48 Å². The van der Waals surface area contributed by atoms with Gasteiger partial charge in [0.05, 0.1) is 4.88 Å². The molecule has 0 aliphatic heterocycles. The highest BCUT2D eigenvalue weighted by Crippen LogP contribution is 2.26. The Morgan fingerprint density at radius 3 is 2.35 bits per heavy atom. The molecule has 1 amide bonds. The summed E-state index contributed by atoms with van der Waals surface area (Å²) in [5.74, 6) is -0.653. The van der Waals surface area contributed by atoms with Crippen LogP contribution in [0.25, 0.3) is 10.1 Å². The van der Waals surface area contributed by atoms with E-state index < -0.39 is 5.91 Å². The smallest absolute Gasteiger partial charge is 0.323 e. The fourth-order valence-electron chi connectivity index (χ4n) is 4.11. The van der Waals surface area contributed by atoms with E-state index in [2.05, 4.69) is 41.0 Å². The van der Waals surface area contributed by atoms with Crippen molar-refractivity contribution < 1.29 is 19.5 Å². The van der Waals surface area contributed by atoms with Crippen molar-refractivity contribution in [1.29, 1.82) is 0 Å². The number of thiophene rings is 1. The minimum absolute atomic E-state index is 0.0981. The third-order valence-corrected chi connectivity index (χ3v) is 7.24. The van der Waals surface area contributed by atoms with E-state index in [4.69, 9.17) is 9.94 Å². The normalized spacial score (nSPS) is 14.9. The first-order valence-electron chi connectivity index (χ1n) is 11.7. The maximum Gasteiger partial charge on any atom is 0.323 e. The van der Waals surface area contributed by atoms with Crippen LogP contribution >= 0.6 is 11.3 Å². The van der Waals surface area contributed by atoms with Gasteiger partial charge in [0.25, 0.3) is 5.91 Å². The molecule has 4 rings (SSSR count). The molecule has 1 aliphatic rings. The van der Waals surface area contributed by atoms with Gasteiger partial charge in [-0.2, -0.15) is 0 Å². The Hall–Kier alpha value is -2.78. The Morgan fingerprint density at radius 1 is 1.00 bits per heavy atom. The quantitative estimate of drug-likeness (QED) is 0.196. The number of carbonyl (C=O) groups is 2. The summed E-state index contributed by atoms with van der Waals surface area (Å²) in [6.07, 6.45) is 4.37. The molecule has 0 bridgehead atoms. The van der Waals surface area contributed by atoms with Crippen LogP contribution in [0.3, 0.4) is 0 Å². The molecule has 8 heteroatoms. The highest BCUT2D eigenvalue weighted by molar-refractivity contribution is 7.20. The predicted octanol–water partition coefficient (Wildman–Crippen LogP) is 4.27. The Bertz CT molecular complexity index is 1120. The number of ether oxygens (including phenoxy) is 1. The van der Waals surface area contributed by atoms with Crippen LogP contribution in [-0.2, 0) is 29.2 Å². The molecule has 1 atom stereocenters. The van der Waals surface area contributed by atoms with Gasteiger partial charge in [0.2, 0.25) is 0 Å². The standard InChI is InChI=1S/C26H31N3O4S/c1-17(26(31)33-22-4-2-3-5-22)28-16-19-8-6-18(7-9-19)14-27-15-20-10-11-21-13-24(25(30)29-32)34-23(21)12-20/h6-13,17,22,27-28,32H,2-5,14-16H2,1H3,(H,29,30). The largest absolute Gasteiger partial charge is 0.461 e. The predicted molar refractivity (Wildman–Crippen MR) is 133 cm³/mol. The lowest BCUT2D eigenvalue weighted by Gasteiger charge is -2.17. The first-order chi connectivity index (χ1) is 16.5. The highest BCUT2D eigenvalue weighted by atomic mass is 32.1. The van der Waals surface area contributed by atoms with Crippen LogP contribution in [0.15, 0.2) is 48.5 Å². The van der Waals surface area contributed by atoms with E-state index in [9.17, 15) is 9.59 Å². The van der Waals surface area contributed by atoms with E-state index in [1.54, 1.807) is 11.5 Å². The van der Waals surface area contributed by atoms with Gasteiger partial charge < -0.3 is 15.4 Å². The molecule has 1 aromatic heterocycles. The van der Waals surface area contributed by atoms with E-state index >= 15 is 0 Å². The molecule has 0 radical (unpaired) electrons. The number of rotatable bonds is 10. The first-order valence-corrected chi connectivity index (χ1v) is 12.5. The summed E-state index contributed by atoms with van der Waals surface area (Å²) in [5, 5.41) is 16.5. The summed E-state index contributed by atoms with van der Waals surface area (Å²) < 4.78 is 6.58. The Kier molecular flexibility index (Phi) is 8.29. The van der Waals surface area contributed by atoms with E-state index in [0.29, 0.717) is 18.0 Å². The van der Waals surface area contributed by atoms with Gasteiger partial charge in [0.15, 0.2) is 0 Å². The number of fused-ring (bicyclic) bond motifs is 1. The summed E-state index contributed by atoms with van der Waals surface area (Å²) in [6.45, 7) is 3.91. The monoisotopic (exact) mass is 481 g/mol. The third-order valence-electron chi connectivity index (χ3n) is 6.14. The van der Waals surface area contributed by atoms with Crippen LogP contribution in [0.4, 0.5) is 0 Å². The third kappa shape index (κ3) is 6.42. The molecular formula is C26H31N3O4S. The molecule has 4 N–H and O–H groups in total. The van der Waals surface area contributed by atoms with Crippen molar-refractivity contribution in [3.8, 4) is 0 Å². The SMILES string of the molecule is CC(NCc1ccc(CNCc2ccc3cc(C(=O)NO)sc3c2)cc1)C(=O)OC1CCCC1. The lowest BCUT2D eigenvalue weighted by molar-refractivity contribution is -0.150. The molecule has 180 valence electrons.